The molecule has 2 atom stereocenters. The van der Waals surface area contributed by atoms with E-state index in [4.69, 9.17) is 9.47 Å². The monoisotopic (exact) mass is 432 g/mol. The molecular weight excluding hydrogens is 416 g/mol. The second-order valence-corrected chi connectivity index (χ2v) is 9.13. The van der Waals surface area contributed by atoms with Gasteiger partial charge in [0.05, 0.1) is 47.1 Å². The van der Waals surface area contributed by atoms with Crippen molar-refractivity contribution in [2.45, 2.75) is 11.7 Å². The summed E-state index contributed by atoms with van der Waals surface area (Å²) in [7, 11) is 2.76. The number of benzene rings is 1. The highest BCUT2D eigenvalue weighted by molar-refractivity contribution is 8.03. The van der Waals surface area contributed by atoms with Gasteiger partial charge in [-0.1, -0.05) is 18.2 Å². The van der Waals surface area contributed by atoms with Gasteiger partial charge in [-0.15, -0.1) is 23.1 Å². The van der Waals surface area contributed by atoms with Crippen LogP contribution in [0, 0.1) is 5.92 Å². The van der Waals surface area contributed by atoms with Crippen LogP contribution in [0.4, 0.5) is 0 Å². The van der Waals surface area contributed by atoms with Crippen LogP contribution in [-0.2, 0) is 19.0 Å². The minimum Gasteiger partial charge on any atom is -0.469 e. The smallest absolute Gasteiger partial charge is 0.339 e. The molecule has 0 bridgehead atoms. The van der Waals surface area contributed by atoms with Crippen molar-refractivity contribution in [3.05, 3.63) is 46.2 Å². The molecule has 28 heavy (non-hydrogen) atoms. The van der Waals surface area contributed by atoms with Crippen LogP contribution in [0.5, 0.6) is 0 Å². The molecule has 0 aliphatic carbocycles. The molecule has 6 nitrogen and oxygen atoms in total. The molecule has 9 heteroatoms. The lowest BCUT2D eigenvalue weighted by atomic mass is 9.85. The van der Waals surface area contributed by atoms with Crippen LogP contribution < -0.4 is 0 Å². The Morgan fingerprint density at radius 2 is 1.89 bits per heavy atom. The summed E-state index contributed by atoms with van der Waals surface area (Å²) in [4.78, 5) is 25.2. The standard InChI is InChI=1S/C19H16N2O4S3/c1-19(13(7-9-27-19)18(23)25-3)12-5-4-10(14-15(12)21-28-20-14)16-11(6-8-26-16)17(22)24-2/h4-9,13H,1-3H3. The van der Waals surface area contributed by atoms with Crippen LogP contribution >= 0.6 is 34.8 Å². The molecule has 0 fully saturated rings. The molecule has 3 aromatic rings. The van der Waals surface area contributed by atoms with Crippen LogP contribution in [0.1, 0.15) is 22.8 Å². The first kappa shape index (κ1) is 19.1. The number of rotatable bonds is 4. The predicted octanol–water partition coefficient (Wildman–Crippen LogP) is 4.47. The van der Waals surface area contributed by atoms with Crippen LogP contribution in [0.3, 0.4) is 0 Å². The number of methoxy groups -OCH3 is 2. The van der Waals surface area contributed by atoms with E-state index in [-0.39, 0.29) is 11.9 Å². The van der Waals surface area contributed by atoms with E-state index in [9.17, 15) is 9.59 Å². The summed E-state index contributed by atoms with van der Waals surface area (Å²) in [6.45, 7) is 2.01. The zero-order chi connectivity index (χ0) is 19.9. The Labute approximate surface area is 173 Å². The van der Waals surface area contributed by atoms with Crippen molar-refractivity contribution < 1.29 is 19.1 Å². The van der Waals surface area contributed by atoms with Crippen molar-refractivity contribution in [1.29, 1.82) is 0 Å². The first-order valence-corrected chi connectivity index (χ1v) is 10.8. The Bertz CT molecular complexity index is 1100. The molecule has 1 aliphatic heterocycles. The fraction of sp³-hybridized carbons (Fsp3) is 0.263. The molecular formula is C19H16N2O4S3. The molecule has 1 aliphatic rings. The lowest BCUT2D eigenvalue weighted by Crippen LogP contribution is -2.31. The van der Waals surface area contributed by atoms with E-state index >= 15 is 0 Å². The molecule has 4 rings (SSSR count). The van der Waals surface area contributed by atoms with Crippen LogP contribution in [-0.4, -0.2) is 34.9 Å². The van der Waals surface area contributed by atoms with Gasteiger partial charge in [-0.05, 0) is 29.3 Å². The quantitative estimate of drug-likeness (QED) is 0.563. The fourth-order valence-corrected chi connectivity index (χ4v) is 6.03. The van der Waals surface area contributed by atoms with Crippen molar-refractivity contribution in [3.63, 3.8) is 0 Å². The van der Waals surface area contributed by atoms with Gasteiger partial charge in [0.1, 0.15) is 11.0 Å². The second kappa shape index (κ2) is 7.31. The van der Waals surface area contributed by atoms with Gasteiger partial charge in [0.2, 0.25) is 0 Å². The van der Waals surface area contributed by atoms with E-state index in [1.54, 1.807) is 17.8 Å². The summed E-state index contributed by atoms with van der Waals surface area (Å²) in [6.07, 6.45) is 1.87. The van der Waals surface area contributed by atoms with Crippen LogP contribution in [0.2, 0.25) is 0 Å². The number of thioether (sulfide) groups is 1. The van der Waals surface area contributed by atoms with Gasteiger partial charge >= 0.3 is 11.9 Å². The highest BCUT2D eigenvalue weighted by Gasteiger charge is 2.45. The first-order valence-electron chi connectivity index (χ1n) is 8.35. The predicted molar refractivity (Wildman–Crippen MR) is 112 cm³/mol. The normalized spacial score (nSPS) is 21.2. The lowest BCUT2D eigenvalue weighted by molar-refractivity contribution is -0.144. The third kappa shape index (κ3) is 2.85. The van der Waals surface area contributed by atoms with Crippen molar-refractivity contribution in [3.8, 4) is 10.4 Å². The van der Waals surface area contributed by atoms with Gasteiger partial charge in [0, 0.05) is 5.56 Å². The van der Waals surface area contributed by atoms with E-state index in [1.807, 2.05) is 35.9 Å². The van der Waals surface area contributed by atoms with Gasteiger partial charge < -0.3 is 9.47 Å². The number of aromatic nitrogens is 2. The van der Waals surface area contributed by atoms with E-state index in [2.05, 4.69) is 8.75 Å². The van der Waals surface area contributed by atoms with Crippen molar-refractivity contribution in [2.24, 2.45) is 5.92 Å². The van der Waals surface area contributed by atoms with Crippen molar-refractivity contribution >= 4 is 57.8 Å². The first-order chi connectivity index (χ1) is 13.5. The molecule has 0 saturated carbocycles. The Hall–Kier alpha value is -2.23. The molecule has 0 N–H and O–H groups in total. The number of carbonyl (C=O) groups excluding carboxylic acids is 2. The Morgan fingerprint density at radius 3 is 2.64 bits per heavy atom. The highest BCUT2D eigenvalue weighted by Crippen LogP contribution is 2.52. The molecule has 0 spiro atoms. The molecule has 3 heterocycles. The molecule has 2 aromatic heterocycles. The summed E-state index contributed by atoms with van der Waals surface area (Å²) in [5.74, 6) is -1.08. The highest BCUT2D eigenvalue weighted by atomic mass is 32.2. The lowest BCUT2D eigenvalue weighted by Gasteiger charge is -2.29. The molecule has 0 amide bonds. The largest absolute Gasteiger partial charge is 0.469 e. The van der Waals surface area contributed by atoms with Crippen LogP contribution in [0.15, 0.2) is 35.1 Å². The Balaban J connectivity index is 1.87. The average Bonchev–Trinajstić information content (AvgIpc) is 3.45. The zero-order valence-corrected chi connectivity index (χ0v) is 17.7. The number of hydrogen-bond donors (Lipinski definition) is 0. The van der Waals surface area contributed by atoms with Gasteiger partial charge in [-0.3, -0.25) is 4.79 Å². The number of carbonyl (C=O) groups is 2. The summed E-state index contributed by atoms with van der Waals surface area (Å²) >= 11 is 4.14. The van der Waals surface area contributed by atoms with Crippen molar-refractivity contribution in [1.82, 2.24) is 8.75 Å². The van der Waals surface area contributed by atoms with E-state index in [0.29, 0.717) is 11.1 Å². The number of ether oxygens (including phenoxy) is 2. The average molecular weight is 433 g/mol. The minimum absolute atomic E-state index is 0.282. The van der Waals surface area contributed by atoms with Gasteiger partial charge in [-0.25, -0.2) is 4.79 Å². The number of fused-ring (bicyclic) bond motifs is 1. The third-order valence-corrected chi connectivity index (χ3v) is 7.63. The van der Waals surface area contributed by atoms with Crippen LogP contribution in [0.25, 0.3) is 21.5 Å². The summed E-state index contributed by atoms with van der Waals surface area (Å²) in [6, 6.07) is 5.66. The Kier molecular flexibility index (Phi) is 4.98. The van der Waals surface area contributed by atoms with Gasteiger partial charge in [-0.2, -0.15) is 8.75 Å². The Morgan fingerprint density at radius 1 is 1.11 bits per heavy atom. The topological polar surface area (TPSA) is 78.4 Å². The minimum atomic E-state index is -0.541. The number of hydrogen-bond acceptors (Lipinski definition) is 9. The number of thiophene rings is 1. The van der Waals surface area contributed by atoms with Crippen molar-refractivity contribution in [2.75, 3.05) is 14.2 Å². The van der Waals surface area contributed by atoms with Gasteiger partial charge in [0.25, 0.3) is 0 Å². The summed E-state index contributed by atoms with van der Waals surface area (Å²) in [5.41, 5.74) is 3.70. The number of esters is 2. The molecule has 0 radical (unpaired) electrons. The maximum Gasteiger partial charge on any atom is 0.339 e. The zero-order valence-electron chi connectivity index (χ0n) is 15.3. The van der Waals surface area contributed by atoms with E-state index in [0.717, 1.165) is 33.2 Å². The molecule has 2 unspecified atom stereocenters. The third-order valence-electron chi connectivity index (χ3n) is 4.90. The SMILES string of the molecule is COC(=O)c1ccsc1-c1ccc(C2(C)SC=CC2C(=O)OC)c2nsnc12. The molecule has 0 saturated heterocycles. The van der Waals surface area contributed by atoms with E-state index in [1.165, 1.54) is 25.6 Å². The number of nitrogens with zero attached hydrogens (tertiary/aromatic N) is 2. The molecule has 144 valence electrons. The molecule has 1 aromatic carbocycles. The van der Waals surface area contributed by atoms with Gasteiger partial charge in [0.15, 0.2) is 0 Å². The second-order valence-electron chi connectivity index (χ2n) is 6.33. The maximum absolute atomic E-state index is 12.3. The maximum atomic E-state index is 12.3. The van der Waals surface area contributed by atoms with E-state index < -0.39 is 10.7 Å². The summed E-state index contributed by atoms with van der Waals surface area (Å²) < 4.78 is 18.4. The summed E-state index contributed by atoms with van der Waals surface area (Å²) in [5, 5.41) is 3.78. The fourth-order valence-electron chi connectivity index (χ4n) is 3.42.